The summed E-state index contributed by atoms with van der Waals surface area (Å²) in [5, 5.41) is 19.4. The molecule has 0 spiro atoms. The molecular formula is C32H36N4O3. The predicted molar refractivity (Wildman–Crippen MR) is 150 cm³/mol. The highest BCUT2D eigenvalue weighted by Gasteiger charge is 2.19. The lowest BCUT2D eigenvalue weighted by molar-refractivity contribution is 0.0734. The van der Waals surface area contributed by atoms with Gasteiger partial charge in [0.1, 0.15) is 29.0 Å². The van der Waals surface area contributed by atoms with E-state index in [4.69, 9.17) is 9.47 Å². The molecule has 7 nitrogen and oxygen atoms in total. The molecule has 3 aromatic rings. The molecule has 0 fully saturated rings. The Balaban J connectivity index is 1.63. The first-order chi connectivity index (χ1) is 19.1. The van der Waals surface area contributed by atoms with Gasteiger partial charge in [-0.2, -0.15) is 10.5 Å². The van der Waals surface area contributed by atoms with Crippen molar-refractivity contribution in [2.24, 2.45) is 0 Å². The maximum absolute atomic E-state index is 12.8. The second-order valence-electron chi connectivity index (χ2n) is 9.49. The van der Waals surface area contributed by atoms with E-state index in [1.54, 1.807) is 30.3 Å². The lowest BCUT2D eigenvalue weighted by Gasteiger charge is -2.12. The van der Waals surface area contributed by atoms with E-state index in [0.717, 1.165) is 49.7 Å². The quantitative estimate of drug-likeness (QED) is 0.114. The molecule has 0 bridgehead atoms. The standard InChI is InChI=1S/C32H36N4O3/c1-3-5-7-9-11-19-38-29-17-18-30(28(21-34)27(29)20-33)39-32(37)26-15-13-25(14-16-26)31-35-22-24(23-36-31)12-10-8-6-4-2/h13-18,22-23H,3-12,19H2,1-2H3. The summed E-state index contributed by atoms with van der Waals surface area (Å²) in [6.07, 6.45) is 14.9. The zero-order valence-corrected chi connectivity index (χ0v) is 22.9. The molecule has 0 N–H and O–H groups in total. The average molecular weight is 525 g/mol. The van der Waals surface area contributed by atoms with Crippen LogP contribution in [0, 0.1) is 22.7 Å². The maximum Gasteiger partial charge on any atom is 0.343 e. The first-order valence-corrected chi connectivity index (χ1v) is 13.8. The van der Waals surface area contributed by atoms with Gasteiger partial charge in [-0.15, -0.1) is 0 Å². The highest BCUT2D eigenvalue weighted by Crippen LogP contribution is 2.30. The van der Waals surface area contributed by atoms with Gasteiger partial charge in [0.15, 0.2) is 11.6 Å². The number of hydrogen-bond donors (Lipinski definition) is 0. The Morgan fingerprint density at radius 2 is 1.36 bits per heavy atom. The third kappa shape index (κ3) is 8.65. The molecule has 0 saturated carbocycles. The number of rotatable bonds is 15. The Morgan fingerprint density at radius 1 is 0.769 bits per heavy atom. The van der Waals surface area contributed by atoms with Crippen molar-refractivity contribution in [2.75, 3.05) is 6.61 Å². The molecule has 0 radical (unpaired) electrons. The van der Waals surface area contributed by atoms with Crippen LogP contribution in [0.15, 0.2) is 48.8 Å². The third-order valence-corrected chi connectivity index (χ3v) is 6.46. The number of nitriles is 2. The van der Waals surface area contributed by atoms with Crippen LogP contribution in [0.1, 0.15) is 98.7 Å². The van der Waals surface area contributed by atoms with Crippen molar-refractivity contribution in [1.82, 2.24) is 9.97 Å². The lowest BCUT2D eigenvalue weighted by atomic mass is 10.1. The van der Waals surface area contributed by atoms with Gasteiger partial charge in [-0.3, -0.25) is 0 Å². The van der Waals surface area contributed by atoms with Gasteiger partial charge in [0.2, 0.25) is 0 Å². The molecule has 1 heterocycles. The largest absolute Gasteiger partial charge is 0.492 e. The first kappa shape index (κ1) is 29.3. The smallest absolute Gasteiger partial charge is 0.343 e. The Morgan fingerprint density at radius 3 is 2.00 bits per heavy atom. The molecule has 0 amide bonds. The summed E-state index contributed by atoms with van der Waals surface area (Å²) < 4.78 is 11.3. The van der Waals surface area contributed by atoms with Gasteiger partial charge in [0.05, 0.1) is 12.2 Å². The Labute approximate surface area is 231 Å². The molecule has 39 heavy (non-hydrogen) atoms. The van der Waals surface area contributed by atoms with Crippen molar-refractivity contribution in [3.05, 3.63) is 71.0 Å². The fraction of sp³-hybridized carbons (Fsp3) is 0.406. The van der Waals surface area contributed by atoms with Gasteiger partial charge in [0.25, 0.3) is 0 Å². The summed E-state index contributed by atoms with van der Waals surface area (Å²) in [7, 11) is 0. The number of carbonyl (C=O) groups excluding carboxylic acids is 1. The normalized spacial score (nSPS) is 10.5. The molecule has 7 heteroatoms. The van der Waals surface area contributed by atoms with E-state index in [0.29, 0.717) is 23.7 Å². The van der Waals surface area contributed by atoms with Crippen molar-refractivity contribution < 1.29 is 14.3 Å². The van der Waals surface area contributed by atoms with Crippen molar-refractivity contribution in [2.45, 2.75) is 78.1 Å². The number of ether oxygens (including phenoxy) is 2. The van der Waals surface area contributed by atoms with E-state index in [2.05, 4.69) is 23.8 Å². The fourth-order valence-corrected chi connectivity index (χ4v) is 4.18. The molecule has 1 aromatic heterocycles. The number of aromatic nitrogens is 2. The minimum absolute atomic E-state index is 0.0193. The summed E-state index contributed by atoms with van der Waals surface area (Å²) in [4.78, 5) is 21.8. The molecule has 3 rings (SSSR count). The predicted octanol–water partition coefficient (Wildman–Crippen LogP) is 7.58. The number of nitrogens with zero attached hydrogens (tertiary/aromatic N) is 4. The van der Waals surface area contributed by atoms with Crippen LogP contribution >= 0.6 is 0 Å². The monoisotopic (exact) mass is 524 g/mol. The molecule has 2 aromatic carbocycles. The summed E-state index contributed by atoms with van der Waals surface area (Å²) >= 11 is 0. The van der Waals surface area contributed by atoms with Crippen LogP contribution in [0.25, 0.3) is 11.4 Å². The number of hydrogen-bond acceptors (Lipinski definition) is 7. The molecule has 202 valence electrons. The van der Waals surface area contributed by atoms with Crippen LogP contribution in [0.4, 0.5) is 0 Å². The lowest BCUT2D eigenvalue weighted by Crippen LogP contribution is -2.10. The van der Waals surface area contributed by atoms with Gasteiger partial charge >= 0.3 is 5.97 Å². The summed E-state index contributed by atoms with van der Waals surface area (Å²) in [6, 6.07) is 13.9. The molecule has 0 atom stereocenters. The van der Waals surface area contributed by atoms with Crippen LogP contribution in [0.3, 0.4) is 0 Å². The van der Waals surface area contributed by atoms with Gasteiger partial charge in [-0.1, -0.05) is 70.9 Å². The second-order valence-corrected chi connectivity index (χ2v) is 9.49. The molecular weight excluding hydrogens is 488 g/mol. The highest BCUT2D eigenvalue weighted by atomic mass is 16.5. The maximum atomic E-state index is 12.8. The zero-order valence-electron chi connectivity index (χ0n) is 22.9. The van der Waals surface area contributed by atoms with Crippen LogP contribution in [-0.4, -0.2) is 22.5 Å². The first-order valence-electron chi connectivity index (χ1n) is 13.8. The van der Waals surface area contributed by atoms with E-state index in [9.17, 15) is 15.3 Å². The van der Waals surface area contributed by atoms with E-state index < -0.39 is 5.97 Å². The van der Waals surface area contributed by atoms with Crippen LogP contribution in [0.2, 0.25) is 0 Å². The van der Waals surface area contributed by atoms with Gasteiger partial charge < -0.3 is 9.47 Å². The van der Waals surface area contributed by atoms with Crippen molar-refractivity contribution in [3.8, 4) is 35.0 Å². The molecule has 0 unspecified atom stereocenters. The number of unbranched alkanes of at least 4 members (excludes halogenated alkanes) is 7. The van der Waals surface area contributed by atoms with Crippen LogP contribution in [0.5, 0.6) is 11.5 Å². The van der Waals surface area contributed by atoms with Crippen LogP contribution < -0.4 is 9.47 Å². The minimum Gasteiger partial charge on any atom is -0.492 e. The topological polar surface area (TPSA) is 109 Å². The second kappa shape index (κ2) is 15.9. The summed E-state index contributed by atoms with van der Waals surface area (Å²) in [6.45, 7) is 4.81. The molecule has 0 aliphatic rings. The number of aryl methyl sites for hydroxylation is 1. The van der Waals surface area contributed by atoms with E-state index >= 15 is 0 Å². The van der Waals surface area contributed by atoms with Crippen molar-refractivity contribution in [3.63, 3.8) is 0 Å². The van der Waals surface area contributed by atoms with Crippen molar-refractivity contribution in [1.29, 1.82) is 10.5 Å². The fourth-order valence-electron chi connectivity index (χ4n) is 4.18. The number of benzene rings is 2. The SMILES string of the molecule is CCCCCCCOc1ccc(OC(=O)c2ccc(-c3ncc(CCCCCC)cn3)cc2)c(C#N)c1C#N. The van der Waals surface area contributed by atoms with E-state index in [1.807, 2.05) is 24.5 Å². The molecule has 0 saturated heterocycles. The Bertz CT molecular complexity index is 1290. The van der Waals surface area contributed by atoms with E-state index in [1.165, 1.54) is 31.7 Å². The summed E-state index contributed by atoms with van der Waals surface area (Å²) in [5.74, 6) is 0.297. The Hall–Kier alpha value is -4.23. The number of esters is 1. The minimum atomic E-state index is -0.630. The van der Waals surface area contributed by atoms with Gasteiger partial charge in [0, 0.05) is 18.0 Å². The van der Waals surface area contributed by atoms with Gasteiger partial charge in [-0.25, -0.2) is 14.8 Å². The third-order valence-electron chi connectivity index (χ3n) is 6.46. The number of carbonyl (C=O) groups is 1. The molecule has 0 aliphatic carbocycles. The van der Waals surface area contributed by atoms with Gasteiger partial charge in [-0.05, 0) is 49.1 Å². The van der Waals surface area contributed by atoms with Crippen molar-refractivity contribution >= 4 is 5.97 Å². The highest BCUT2D eigenvalue weighted by molar-refractivity contribution is 5.92. The molecule has 0 aliphatic heterocycles. The van der Waals surface area contributed by atoms with E-state index in [-0.39, 0.29) is 16.9 Å². The Kier molecular flexibility index (Phi) is 12.0. The summed E-state index contributed by atoms with van der Waals surface area (Å²) in [5.41, 5.74) is 2.25. The average Bonchev–Trinajstić information content (AvgIpc) is 2.97. The zero-order chi connectivity index (χ0) is 27.9. The van der Waals surface area contributed by atoms with Crippen LogP contribution in [-0.2, 0) is 6.42 Å².